The Hall–Kier alpha value is -2.70. The van der Waals surface area contributed by atoms with Crippen LogP contribution in [0.3, 0.4) is 0 Å². The number of nitrogens with one attached hydrogen (secondary N) is 1. The van der Waals surface area contributed by atoms with Gasteiger partial charge in [-0.25, -0.2) is 4.39 Å². The molecule has 0 spiro atoms. The highest BCUT2D eigenvalue weighted by Gasteiger charge is 2.19. The van der Waals surface area contributed by atoms with Crippen LogP contribution in [0.4, 0.5) is 4.39 Å². The number of hydrogen-bond donors (Lipinski definition) is 1. The Morgan fingerprint density at radius 3 is 2.42 bits per heavy atom. The fourth-order valence-corrected chi connectivity index (χ4v) is 2.74. The molecule has 0 aliphatic carbocycles. The quantitative estimate of drug-likeness (QED) is 0.820. The lowest BCUT2D eigenvalue weighted by Gasteiger charge is -2.20. The van der Waals surface area contributed by atoms with Crippen molar-refractivity contribution in [3.63, 3.8) is 0 Å². The van der Waals surface area contributed by atoms with Gasteiger partial charge in [0.15, 0.2) is 0 Å². The summed E-state index contributed by atoms with van der Waals surface area (Å²) in [6.45, 7) is 6.38. The lowest BCUT2D eigenvalue weighted by atomic mass is 10.1. The van der Waals surface area contributed by atoms with Gasteiger partial charge in [-0.3, -0.25) is 14.3 Å². The minimum Gasteiger partial charge on any atom is -0.350 e. The van der Waals surface area contributed by atoms with Crippen molar-refractivity contribution in [3.8, 4) is 0 Å². The molecule has 2 rings (SSSR count). The smallest absolute Gasteiger partial charge is 0.239 e. The molecule has 2 aromatic rings. The van der Waals surface area contributed by atoms with Gasteiger partial charge in [-0.05, 0) is 38.5 Å². The number of carbonyl (C=O) groups excluding carboxylic acids is 2. The molecule has 0 fully saturated rings. The van der Waals surface area contributed by atoms with Crippen LogP contribution >= 0.6 is 0 Å². The van der Waals surface area contributed by atoms with Gasteiger partial charge in [0.1, 0.15) is 5.82 Å². The van der Waals surface area contributed by atoms with E-state index in [1.165, 1.54) is 17.0 Å². The first-order valence-corrected chi connectivity index (χ1v) is 8.59. The van der Waals surface area contributed by atoms with E-state index in [0.29, 0.717) is 13.1 Å². The van der Waals surface area contributed by atoms with Crippen molar-refractivity contribution in [1.29, 1.82) is 0 Å². The molecule has 0 atom stereocenters. The summed E-state index contributed by atoms with van der Waals surface area (Å²) in [7, 11) is 1.84. The molecule has 0 unspecified atom stereocenters. The molecule has 0 saturated carbocycles. The first-order valence-electron chi connectivity index (χ1n) is 8.59. The van der Waals surface area contributed by atoms with Crippen LogP contribution in [-0.2, 0) is 29.6 Å². The molecule has 0 aliphatic heterocycles. The van der Waals surface area contributed by atoms with Crippen LogP contribution in [0.2, 0.25) is 0 Å². The Labute approximate surface area is 153 Å². The highest BCUT2D eigenvalue weighted by molar-refractivity contribution is 5.86. The summed E-state index contributed by atoms with van der Waals surface area (Å²) in [6.07, 6.45) is 0.227. The number of nitrogens with zero attached hydrogens (tertiary/aromatic N) is 3. The molecular weight excluding hydrogens is 335 g/mol. The van der Waals surface area contributed by atoms with Gasteiger partial charge >= 0.3 is 0 Å². The van der Waals surface area contributed by atoms with Gasteiger partial charge in [0, 0.05) is 31.4 Å². The van der Waals surface area contributed by atoms with E-state index in [-0.39, 0.29) is 30.6 Å². The van der Waals surface area contributed by atoms with Crippen molar-refractivity contribution in [2.75, 3.05) is 13.1 Å². The van der Waals surface area contributed by atoms with E-state index in [0.717, 1.165) is 22.5 Å². The summed E-state index contributed by atoms with van der Waals surface area (Å²) in [4.78, 5) is 26.2. The lowest BCUT2D eigenvalue weighted by Crippen LogP contribution is -2.41. The van der Waals surface area contributed by atoms with Gasteiger partial charge in [0.05, 0.1) is 18.7 Å². The molecule has 0 aliphatic rings. The SMILES string of the molecule is CCN(CC(=O)NCc1ccc(F)cc1)C(=O)Cc1c(C)nn(C)c1C. The van der Waals surface area contributed by atoms with E-state index in [1.54, 1.807) is 16.8 Å². The number of halogens is 1. The van der Waals surface area contributed by atoms with Gasteiger partial charge in [0.2, 0.25) is 11.8 Å². The number of benzene rings is 1. The standard InChI is InChI=1S/C19H25FN4O2/c1-5-24(19(26)10-17-13(2)22-23(4)14(17)3)12-18(25)21-11-15-6-8-16(20)9-7-15/h6-9H,5,10-12H2,1-4H3,(H,21,25). The summed E-state index contributed by atoms with van der Waals surface area (Å²) in [5, 5.41) is 7.08. The number of rotatable bonds is 7. The molecule has 26 heavy (non-hydrogen) atoms. The molecule has 1 N–H and O–H groups in total. The third-order valence-corrected chi connectivity index (χ3v) is 4.46. The van der Waals surface area contributed by atoms with Crippen LogP contribution < -0.4 is 5.32 Å². The Kier molecular flexibility index (Phi) is 6.49. The molecule has 2 amide bonds. The third kappa shape index (κ3) is 4.91. The minimum atomic E-state index is -0.316. The van der Waals surface area contributed by atoms with E-state index in [4.69, 9.17) is 0 Å². The van der Waals surface area contributed by atoms with Crippen LogP contribution in [0.5, 0.6) is 0 Å². The van der Waals surface area contributed by atoms with Crippen molar-refractivity contribution in [2.24, 2.45) is 7.05 Å². The normalized spacial score (nSPS) is 10.7. The zero-order valence-electron chi connectivity index (χ0n) is 15.7. The molecular formula is C19H25FN4O2. The molecule has 1 aromatic heterocycles. The highest BCUT2D eigenvalue weighted by Crippen LogP contribution is 2.13. The topological polar surface area (TPSA) is 67.2 Å². The summed E-state index contributed by atoms with van der Waals surface area (Å²) >= 11 is 0. The third-order valence-electron chi connectivity index (χ3n) is 4.46. The molecule has 7 heteroatoms. The van der Waals surface area contributed by atoms with Gasteiger partial charge in [-0.15, -0.1) is 0 Å². The molecule has 6 nitrogen and oxygen atoms in total. The van der Waals surface area contributed by atoms with Crippen molar-refractivity contribution < 1.29 is 14.0 Å². The number of likely N-dealkylation sites (N-methyl/N-ethyl adjacent to an activating group) is 1. The molecule has 1 heterocycles. The first kappa shape index (κ1) is 19.6. The van der Waals surface area contributed by atoms with E-state index in [1.807, 2.05) is 27.8 Å². The summed E-state index contributed by atoms with van der Waals surface area (Å²) < 4.78 is 14.6. The molecule has 0 saturated heterocycles. The second kappa shape index (κ2) is 8.60. The Morgan fingerprint density at radius 1 is 1.23 bits per heavy atom. The zero-order valence-corrected chi connectivity index (χ0v) is 15.7. The average molecular weight is 360 g/mol. The first-order chi connectivity index (χ1) is 12.3. The van der Waals surface area contributed by atoms with Gasteiger partial charge in [0.25, 0.3) is 0 Å². The predicted molar refractivity (Wildman–Crippen MR) is 96.9 cm³/mol. The predicted octanol–water partition coefficient (Wildman–Crippen LogP) is 1.88. The van der Waals surface area contributed by atoms with E-state index in [9.17, 15) is 14.0 Å². The van der Waals surface area contributed by atoms with Crippen molar-refractivity contribution in [3.05, 3.63) is 52.6 Å². The highest BCUT2D eigenvalue weighted by atomic mass is 19.1. The van der Waals surface area contributed by atoms with Gasteiger partial charge < -0.3 is 10.2 Å². The Balaban J connectivity index is 1.91. The molecule has 140 valence electrons. The molecule has 0 radical (unpaired) electrons. The van der Waals surface area contributed by atoms with Crippen LogP contribution in [0.25, 0.3) is 0 Å². The van der Waals surface area contributed by atoms with Gasteiger partial charge in [-0.1, -0.05) is 12.1 Å². The summed E-state index contributed by atoms with van der Waals surface area (Å²) in [6, 6.07) is 5.93. The van der Waals surface area contributed by atoms with E-state index in [2.05, 4.69) is 10.4 Å². The lowest BCUT2D eigenvalue weighted by molar-refractivity contribution is -0.135. The number of hydrogen-bond acceptors (Lipinski definition) is 3. The largest absolute Gasteiger partial charge is 0.350 e. The van der Waals surface area contributed by atoms with Crippen LogP contribution in [-0.4, -0.2) is 39.6 Å². The van der Waals surface area contributed by atoms with Gasteiger partial charge in [-0.2, -0.15) is 5.10 Å². The fourth-order valence-electron chi connectivity index (χ4n) is 2.74. The fraction of sp³-hybridized carbons (Fsp3) is 0.421. The zero-order chi connectivity index (χ0) is 19.3. The van der Waals surface area contributed by atoms with Crippen molar-refractivity contribution in [1.82, 2.24) is 20.0 Å². The molecule has 0 bridgehead atoms. The second-order valence-electron chi connectivity index (χ2n) is 6.26. The second-order valence-corrected chi connectivity index (χ2v) is 6.26. The number of aromatic nitrogens is 2. The van der Waals surface area contributed by atoms with Crippen molar-refractivity contribution in [2.45, 2.75) is 33.7 Å². The summed E-state index contributed by atoms with van der Waals surface area (Å²) in [5.41, 5.74) is 3.49. The molecule has 1 aromatic carbocycles. The Morgan fingerprint density at radius 2 is 1.88 bits per heavy atom. The maximum atomic E-state index is 12.9. The van der Waals surface area contributed by atoms with E-state index < -0.39 is 0 Å². The number of amides is 2. The maximum Gasteiger partial charge on any atom is 0.239 e. The monoisotopic (exact) mass is 360 g/mol. The number of carbonyl (C=O) groups is 2. The van der Waals surface area contributed by atoms with E-state index >= 15 is 0 Å². The average Bonchev–Trinajstić information content (AvgIpc) is 2.85. The van der Waals surface area contributed by atoms with Crippen LogP contribution in [0, 0.1) is 19.7 Å². The Bertz CT molecular complexity index is 784. The summed E-state index contributed by atoms with van der Waals surface area (Å²) in [5.74, 6) is -0.670. The maximum absolute atomic E-state index is 12.9. The minimum absolute atomic E-state index is 0.00507. The van der Waals surface area contributed by atoms with Crippen molar-refractivity contribution >= 4 is 11.8 Å². The van der Waals surface area contributed by atoms with Crippen LogP contribution in [0.15, 0.2) is 24.3 Å². The number of aryl methyl sites for hydroxylation is 2. The van der Waals surface area contributed by atoms with Crippen LogP contribution in [0.1, 0.15) is 29.4 Å².